The minimum Gasteiger partial charge on any atom is -0.346 e. The van der Waals surface area contributed by atoms with Crippen LogP contribution in [0.1, 0.15) is 43.9 Å². The fourth-order valence-electron chi connectivity index (χ4n) is 1.74. The second kappa shape index (κ2) is 8.29. The minimum atomic E-state index is 0.296. The van der Waals surface area contributed by atoms with Crippen LogP contribution >= 0.6 is 11.3 Å². The summed E-state index contributed by atoms with van der Waals surface area (Å²) in [6.45, 7) is 3.06. The molecule has 1 heterocycles. The summed E-state index contributed by atoms with van der Waals surface area (Å²) in [5.41, 5.74) is 0. The molecule has 0 fully saturated rings. The minimum absolute atomic E-state index is 0.296. The van der Waals surface area contributed by atoms with E-state index in [0.29, 0.717) is 12.3 Å². The van der Waals surface area contributed by atoms with Gasteiger partial charge in [0.25, 0.3) is 0 Å². The lowest BCUT2D eigenvalue weighted by atomic mass is 10.1. The van der Waals surface area contributed by atoms with Crippen LogP contribution < -0.4 is 0 Å². The number of nitrogens with zero attached hydrogens (tertiary/aromatic N) is 1. The van der Waals surface area contributed by atoms with Crippen molar-refractivity contribution in [3.63, 3.8) is 0 Å². The molecular formula is C14H23NOS. The number of amides is 1. The van der Waals surface area contributed by atoms with Crippen LogP contribution in [0.4, 0.5) is 0 Å². The van der Waals surface area contributed by atoms with Crippen molar-refractivity contribution in [3.05, 3.63) is 22.4 Å². The highest BCUT2D eigenvalue weighted by Gasteiger charge is 2.07. The van der Waals surface area contributed by atoms with Gasteiger partial charge in [0, 0.05) is 24.9 Å². The normalized spacial score (nSPS) is 10.5. The van der Waals surface area contributed by atoms with E-state index in [9.17, 15) is 4.79 Å². The number of carbonyl (C=O) groups is 1. The van der Waals surface area contributed by atoms with E-state index in [1.807, 2.05) is 11.9 Å². The zero-order chi connectivity index (χ0) is 12.5. The third-order valence-electron chi connectivity index (χ3n) is 2.92. The molecule has 1 aromatic rings. The van der Waals surface area contributed by atoms with E-state index in [2.05, 4.69) is 24.4 Å². The molecule has 96 valence electrons. The molecule has 1 aromatic heterocycles. The summed E-state index contributed by atoms with van der Waals surface area (Å²) >= 11 is 1.80. The first-order valence-corrected chi connectivity index (χ1v) is 7.38. The maximum atomic E-state index is 11.7. The molecule has 0 aromatic carbocycles. The van der Waals surface area contributed by atoms with Gasteiger partial charge < -0.3 is 4.90 Å². The lowest BCUT2D eigenvalue weighted by Crippen LogP contribution is -2.27. The molecule has 0 saturated heterocycles. The molecule has 0 saturated carbocycles. The Morgan fingerprint density at radius 3 is 2.82 bits per heavy atom. The van der Waals surface area contributed by atoms with Gasteiger partial charge in [-0.3, -0.25) is 4.79 Å². The number of hydrogen-bond acceptors (Lipinski definition) is 2. The zero-order valence-electron chi connectivity index (χ0n) is 10.9. The summed E-state index contributed by atoms with van der Waals surface area (Å²) < 4.78 is 0. The standard InChI is InChI=1S/C14H23NOS/c1-3-4-11-15(2)14(16)10-6-5-8-13-9-7-12-17-13/h7,9,12H,3-6,8,10-11H2,1-2H3. The predicted molar refractivity (Wildman–Crippen MR) is 74.4 cm³/mol. The third-order valence-corrected chi connectivity index (χ3v) is 3.85. The van der Waals surface area contributed by atoms with Gasteiger partial charge in [0.15, 0.2) is 0 Å². The summed E-state index contributed by atoms with van der Waals surface area (Å²) in [4.78, 5) is 15.0. The molecule has 1 amide bonds. The van der Waals surface area contributed by atoms with Gasteiger partial charge in [-0.15, -0.1) is 11.3 Å². The SMILES string of the molecule is CCCCN(C)C(=O)CCCCc1cccs1. The Morgan fingerprint density at radius 2 is 2.18 bits per heavy atom. The van der Waals surface area contributed by atoms with Crippen molar-refractivity contribution in [2.24, 2.45) is 0 Å². The Balaban J connectivity index is 2.07. The number of carbonyl (C=O) groups excluding carboxylic acids is 1. The van der Waals surface area contributed by atoms with Crippen LogP contribution in [-0.2, 0) is 11.2 Å². The maximum Gasteiger partial charge on any atom is 0.222 e. The molecular weight excluding hydrogens is 230 g/mol. The molecule has 1 rings (SSSR count). The molecule has 0 N–H and O–H groups in total. The Bertz CT molecular complexity index is 308. The lowest BCUT2D eigenvalue weighted by molar-refractivity contribution is -0.130. The Hall–Kier alpha value is -0.830. The van der Waals surface area contributed by atoms with E-state index < -0.39 is 0 Å². The maximum absolute atomic E-state index is 11.7. The van der Waals surface area contributed by atoms with E-state index in [1.54, 1.807) is 11.3 Å². The van der Waals surface area contributed by atoms with Crippen LogP contribution in [-0.4, -0.2) is 24.4 Å². The highest BCUT2D eigenvalue weighted by molar-refractivity contribution is 7.09. The van der Waals surface area contributed by atoms with Crippen LogP contribution in [0, 0.1) is 0 Å². The Kier molecular flexibility index (Phi) is 6.94. The first-order chi connectivity index (χ1) is 8.24. The van der Waals surface area contributed by atoms with Crippen molar-refractivity contribution in [1.29, 1.82) is 0 Å². The van der Waals surface area contributed by atoms with Crippen LogP contribution in [0.5, 0.6) is 0 Å². The van der Waals surface area contributed by atoms with Crippen molar-refractivity contribution in [2.75, 3.05) is 13.6 Å². The number of aryl methyl sites for hydroxylation is 1. The van der Waals surface area contributed by atoms with Crippen LogP contribution in [0.2, 0.25) is 0 Å². The quantitative estimate of drug-likeness (QED) is 0.647. The number of hydrogen-bond donors (Lipinski definition) is 0. The molecule has 0 unspecified atom stereocenters. The van der Waals surface area contributed by atoms with E-state index >= 15 is 0 Å². The highest BCUT2D eigenvalue weighted by Crippen LogP contribution is 2.13. The average Bonchev–Trinajstić information content (AvgIpc) is 2.84. The van der Waals surface area contributed by atoms with Gasteiger partial charge in [0.1, 0.15) is 0 Å². The van der Waals surface area contributed by atoms with Crippen LogP contribution in [0.25, 0.3) is 0 Å². The van der Waals surface area contributed by atoms with Crippen LogP contribution in [0.3, 0.4) is 0 Å². The molecule has 17 heavy (non-hydrogen) atoms. The first-order valence-electron chi connectivity index (χ1n) is 6.50. The topological polar surface area (TPSA) is 20.3 Å². The smallest absolute Gasteiger partial charge is 0.222 e. The average molecular weight is 253 g/mol. The summed E-state index contributed by atoms with van der Waals surface area (Å²) in [6.07, 6.45) is 6.20. The van der Waals surface area contributed by atoms with Crippen molar-refractivity contribution < 1.29 is 4.79 Å². The Morgan fingerprint density at radius 1 is 1.35 bits per heavy atom. The van der Waals surface area contributed by atoms with Gasteiger partial charge >= 0.3 is 0 Å². The van der Waals surface area contributed by atoms with E-state index in [4.69, 9.17) is 0 Å². The number of rotatable bonds is 8. The largest absolute Gasteiger partial charge is 0.346 e. The predicted octanol–water partition coefficient (Wildman–Crippen LogP) is 3.72. The first kappa shape index (κ1) is 14.2. The van der Waals surface area contributed by atoms with Gasteiger partial charge in [0.05, 0.1) is 0 Å². The van der Waals surface area contributed by atoms with Gasteiger partial charge in [-0.25, -0.2) is 0 Å². The molecule has 0 spiro atoms. The van der Waals surface area contributed by atoms with Gasteiger partial charge in [-0.1, -0.05) is 19.4 Å². The van der Waals surface area contributed by atoms with E-state index in [-0.39, 0.29) is 0 Å². The lowest BCUT2D eigenvalue weighted by Gasteiger charge is -2.16. The summed E-state index contributed by atoms with van der Waals surface area (Å²) in [5, 5.41) is 2.11. The second-order valence-corrected chi connectivity index (χ2v) is 5.49. The molecule has 0 bridgehead atoms. The Labute approximate surface area is 109 Å². The molecule has 0 radical (unpaired) electrons. The van der Waals surface area contributed by atoms with Gasteiger partial charge in [-0.2, -0.15) is 0 Å². The molecule has 0 aliphatic carbocycles. The zero-order valence-corrected chi connectivity index (χ0v) is 11.8. The molecule has 2 nitrogen and oxygen atoms in total. The molecule has 0 atom stereocenters. The summed E-state index contributed by atoms with van der Waals surface area (Å²) in [7, 11) is 1.91. The van der Waals surface area contributed by atoms with E-state index in [0.717, 1.165) is 38.6 Å². The second-order valence-electron chi connectivity index (χ2n) is 4.46. The molecule has 0 aliphatic rings. The fourth-order valence-corrected chi connectivity index (χ4v) is 2.49. The monoisotopic (exact) mass is 253 g/mol. The summed E-state index contributed by atoms with van der Waals surface area (Å²) in [5.74, 6) is 0.296. The fraction of sp³-hybridized carbons (Fsp3) is 0.643. The highest BCUT2D eigenvalue weighted by atomic mass is 32.1. The van der Waals surface area contributed by atoms with Gasteiger partial charge in [-0.05, 0) is 37.1 Å². The van der Waals surface area contributed by atoms with Crippen LogP contribution in [0.15, 0.2) is 17.5 Å². The molecule has 3 heteroatoms. The van der Waals surface area contributed by atoms with Crippen molar-refractivity contribution in [2.45, 2.75) is 45.4 Å². The van der Waals surface area contributed by atoms with Crippen molar-refractivity contribution in [3.8, 4) is 0 Å². The van der Waals surface area contributed by atoms with Crippen molar-refractivity contribution >= 4 is 17.2 Å². The number of unbranched alkanes of at least 4 members (excludes halogenated alkanes) is 2. The summed E-state index contributed by atoms with van der Waals surface area (Å²) in [6, 6.07) is 4.25. The van der Waals surface area contributed by atoms with Gasteiger partial charge in [0.2, 0.25) is 5.91 Å². The number of thiophene rings is 1. The van der Waals surface area contributed by atoms with Crippen molar-refractivity contribution in [1.82, 2.24) is 4.90 Å². The van der Waals surface area contributed by atoms with E-state index in [1.165, 1.54) is 4.88 Å². The molecule has 0 aliphatic heterocycles. The third kappa shape index (κ3) is 5.87.